The van der Waals surface area contributed by atoms with Crippen LogP contribution in [-0.2, 0) is 7.05 Å². The highest BCUT2D eigenvalue weighted by molar-refractivity contribution is 6.04. The molecule has 5 heteroatoms. The van der Waals surface area contributed by atoms with Gasteiger partial charge in [-0.15, -0.1) is 0 Å². The van der Waals surface area contributed by atoms with E-state index in [-0.39, 0.29) is 5.91 Å². The second-order valence-electron chi connectivity index (χ2n) is 6.96. The molecule has 28 heavy (non-hydrogen) atoms. The molecule has 1 amide bonds. The van der Waals surface area contributed by atoms with Gasteiger partial charge in [-0.1, -0.05) is 12.1 Å². The summed E-state index contributed by atoms with van der Waals surface area (Å²) < 4.78 is 2.08. The van der Waals surface area contributed by atoms with Gasteiger partial charge in [-0.25, -0.2) is 4.98 Å². The number of hydrogen-bond acceptors (Lipinski definition) is 3. The number of aromatic nitrogens is 2. The van der Waals surface area contributed by atoms with Gasteiger partial charge in [-0.05, 0) is 60.7 Å². The van der Waals surface area contributed by atoms with Crippen molar-refractivity contribution in [2.24, 2.45) is 7.05 Å². The Labute approximate surface area is 164 Å². The van der Waals surface area contributed by atoms with Crippen LogP contribution in [0.25, 0.3) is 22.4 Å². The number of carbonyl (C=O) groups is 1. The molecule has 0 saturated heterocycles. The van der Waals surface area contributed by atoms with Gasteiger partial charge in [0, 0.05) is 43.6 Å². The summed E-state index contributed by atoms with van der Waals surface area (Å²) in [5.41, 5.74) is 5.51. The third-order valence-electron chi connectivity index (χ3n) is 4.83. The van der Waals surface area contributed by atoms with Crippen LogP contribution in [0.5, 0.6) is 0 Å². The van der Waals surface area contributed by atoms with Gasteiger partial charge in [0.25, 0.3) is 5.91 Å². The largest absolute Gasteiger partial charge is 0.378 e. The van der Waals surface area contributed by atoms with Crippen LogP contribution in [0.1, 0.15) is 10.4 Å². The predicted molar refractivity (Wildman–Crippen MR) is 115 cm³/mol. The minimum absolute atomic E-state index is 0.124. The summed E-state index contributed by atoms with van der Waals surface area (Å²) in [5.74, 6) is 0.777. The molecule has 0 saturated carbocycles. The van der Waals surface area contributed by atoms with Crippen molar-refractivity contribution in [1.82, 2.24) is 9.55 Å². The molecular weight excluding hydrogens is 348 g/mol. The summed E-state index contributed by atoms with van der Waals surface area (Å²) in [5, 5.41) is 2.95. The Bertz CT molecular complexity index is 1130. The average molecular weight is 370 g/mol. The number of rotatable bonds is 4. The first-order valence-electron chi connectivity index (χ1n) is 9.13. The van der Waals surface area contributed by atoms with E-state index >= 15 is 0 Å². The molecule has 0 aliphatic rings. The van der Waals surface area contributed by atoms with Crippen molar-refractivity contribution in [2.45, 2.75) is 0 Å². The summed E-state index contributed by atoms with van der Waals surface area (Å²) >= 11 is 0. The van der Waals surface area contributed by atoms with Gasteiger partial charge < -0.3 is 14.8 Å². The topological polar surface area (TPSA) is 50.2 Å². The molecule has 0 atom stereocenters. The van der Waals surface area contributed by atoms with Crippen LogP contribution in [0.4, 0.5) is 11.4 Å². The molecule has 3 aromatic carbocycles. The molecule has 4 aromatic rings. The standard InChI is InChI=1S/C23H22N4O/c1-26(2)19-14-10-17(11-15-19)23(28)24-18-12-8-16(9-13-18)22-25-20-6-4-5-7-21(20)27(22)3/h4-15H,1-3H3,(H,24,28). The maximum atomic E-state index is 12.5. The van der Waals surface area contributed by atoms with E-state index in [1.807, 2.05) is 92.8 Å². The molecule has 4 rings (SSSR count). The Kier molecular flexibility index (Phi) is 4.57. The third kappa shape index (κ3) is 3.34. The van der Waals surface area contributed by atoms with Crippen LogP contribution in [0.3, 0.4) is 0 Å². The SMILES string of the molecule is CN(C)c1ccc(C(=O)Nc2ccc(-c3nc4ccccc4n3C)cc2)cc1. The fourth-order valence-corrected chi connectivity index (χ4v) is 3.22. The molecule has 1 aromatic heterocycles. The number of aryl methyl sites for hydroxylation is 1. The summed E-state index contributed by atoms with van der Waals surface area (Å²) in [4.78, 5) is 19.2. The van der Waals surface area contributed by atoms with Crippen LogP contribution in [0.15, 0.2) is 72.8 Å². The lowest BCUT2D eigenvalue weighted by Crippen LogP contribution is -2.13. The monoisotopic (exact) mass is 370 g/mol. The highest BCUT2D eigenvalue weighted by Gasteiger charge is 2.10. The molecular formula is C23H22N4O. The van der Waals surface area contributed by atoms with Crippen LogP contribution in [0.2, 0.25) is 0 Å². The van der Waals surface area contributed by atoms with Crippen molar-refractivity contribution in [1.29, 1.82) is 0 Å². The van der Waals surface area contributed by atoms with Crippen molar-refractivity contribution in [2.75, 3.05) is 24.3 Å². The zero-order valence-electron chi connectivity index (χ0n) is 16.2. The van der Waals surface area contributed by atoms with E-state index < -0.39 is 0 Å². The number of carbonyl (C=O) groups excluding carboxylic acids is 1. The third-order valence-corrected chi connectivity index (χ3v) is 4.83. The maximum Gasteiger partial charge on any atom is 0.255 e. The van der Waals surface area contributed by atoms with Gasteiger partial charge in [0.05, 0.1) is 11.0 Å². The number of nitrogens with zero attached hydrogens (tertiary/aromatic N) is 3. The summed E-state index contributed by atoms with van der Waals surface area (Å²) in [6, 6.07) is 23.4. The quantitative estimate of drug-likeness (QED) is 0.573. The number of fused-ring (bicyclic) bond motifs is 1. The van der Waals surface area contributed by atoms with Gasteiger partial charge >= 0.3 is 0 Å². The zero-order chi connectivity index (χ0) is 19.7. The molecule has 0 spiro atoms. The molecule has 0 bridgehead atoms. The van der Waals surface area contributed by atoms with E-state index in [4.69, 9.17) is 4.98 Å². The van der Waals surface area contributed by atoms with E-state index in [1.165, 1.54) is 0 Å². The fourth-order valence-electron chi connectivity index (χ4n) is 3.22. The number of hydrogen-bond donors (Lipinski definition) is 1. The van der Waals surface area contributed by atoms with Crippen LogP contribution in [0, 0.1) is 0 Å². The predicted octanol–water partition coefficient (Wildman–Crippen LogP) is 4.56. The molecule has 0 fully saturated rings. The number of nitrogens with one attached hydrogen (secondary N) is 1. The fraction of sp³-hybridized carbons (Fsp3) is 0.130. The second kappa shape index (κ2) is 7.19. The Morgan fingerprint density at radius 1 is 0.929 bits per heavy atom. The van der Waals surface area contributed by atoms with Crippen LogP contribution >= 0.6 is 0 Å². The lowest BCUT2D eigenvalue weighted by atomic mass is 10.1. The average Bonchev–Trinajstić information content (AvgIpc) is 3.05. The smallest absolute Gasteiger partial charge is 0.255 e. The Morgan fingerprint density at radius 2 is 1.61 bits per heavy atom. The van der Waals surface area contributed by atoms with Crippen LogP contribution < -0.4 is 10.2 Å². The summed E-state index contributed by atoms with van der Waals surface area (Å²) in [6.45, 7) is 0. The zero-order valence-corrected chi connectivity index (χ0v) is 16.2. The Balaban J connectivity index is 1.53. The number of amides is 1. The van der Waals surface area contributed by atoms with E-state index in [1.54, 1.807) is 0 Å². The molecule has 0 unspecified atom stereocenters. The lowest BCUT2D eigenvalue weighted by molar-refractivity contribution is 0.102. The number of para-hydroxylation sites is 2. The molecule has 0 aliphatic heterocycles. The highest BCUT2D eigenvalue weighted by atomic mass is 16.1. The van der Waals surface area contributed by atoms with Crippen molar-refractivity contribution >= 4 is 28.3 Å². The molecule has 0 aliphatic carbocycles. The lowest BCUT2D eigenvalue weighted by Gasteiger charge is -2.12. The van der Waals surface area contributed by atoms with Gasteiger partial charge in [-0.2, -0.15) is 0 Å². The van der Waals surface area contributed by atoms with Crippen LogP contribution in [-0.4, -0.2) is 29.6 Å². The minimum atomic E-state index is -0.124. The molecule has 140 valence electrons. The Morgan fingerprint density at radius 3 is 2.25 bits per heavy atom. The molecule has 0 radical (unpaired) electrons. The number of benzene rings is 3. The van der Waals surface area contributed by atoms with Gasteiger partial charge in [0.15, 0.2) is 0 Å². The van der Waals surface area contributed by atoms with Crippen molar-refractivity contribution in [3.05, 3.63) is 78.4 Å². The first-order chi connectivity index (χ1) is 13.5. The van der Waals surface area contributed by atoms with E-state index in [9.17, 15) is 4.79 Å². The number of anilines is 2. The van der Waals surface area contributed by atoms with Gasteiger partial charge in [0.1, 0.15) is 5.82 Å². The second-order valence-corrected chi connectivity index (χ2v) is 6.96. The molecule has 1 heterocycles. The summed E-state index contributed by atoms with van der Waals surface area (Å²) in [6.07, 6.45) is 0. The molecule has 5 nitrogen and oxygen atoms in total. The molecule has 1 N–H and O–H groups in total. The number of imidazole rings is 1. The first-order valence-corrected chi connectivity index (χ1v) is 9.13. The van der Waals surface area contributed by atoms with E-state index in [0.717, 1.165) is 33.8 Å². The van der Waals surface area contributed by atoms with Crippen molar-refractivity contribution in [3.63, 3.8) is 0 Å². The summed E-state index contributed by atoms with van der Waals surface area (Å²) in [7, 11) is 5.96. The van der Waals surface area contributed by atoms with E-state index in [0.29, 0.717) is 5.56 Å². The van der Waals surface area contributed by atoms with Crippen molar-refractivity contribution in [3.8, 4) is 11.4 Å². The normalized spacial score (nSPS) is 10.8. The van der Waals surface area contributed by atoms with Gasteiger partial charge in [-0.3, -0.25) is 4.79 Å². The Hall–Kier alpha value is -3.60. The highest BCUT2D eigenvalue weighted by Crippen LogP contribution is 2.25. The maximum absolute atomic E-state index is 12.5. The minimum Gasteiger partial charge on any atom is -0.378 e. The van der Waals surface area contributed by atoms with Crippen molar-refractivity contribution < 1.29 is 4.79 Å². The first kappa shape index (κ1) is 17.8. The van der Waals surface area contributed by atoms with E-state index in [2.05, 4.69) is 16.0 Å². The van der Waals surface area contributed by atoms with Gasteiger partial charge in [0.2, 0.25) is 0 Å².